The van der Waals surface area contributed by atoms with Crippen LogP contribution >= 0.6 is 0 Å². The van der Waals surface area contributed by atoms with Crippen LogP contribution in [-0.4, -0.2) is 17.9 Å². The average Bonchev–Trinajstić information content (AvgIpc) is 3.03. The molecular formula is C13H16O3. The summed E-state index contributed by atoms with van der Waals surface area (Å²) in [5.41, 5.74) is 1.59. The number of carbonyl (C=O) groups excluding carboxylic acids is 2. The van der Waals surface area contributed by atoms with Gasteiger partial charge in [-0.15, -0.1) is 0 Å². The molecule has 0 aromatic carbocycles. The zero-order valence-electron chi connectivity index (χ0n) is 9.66. The van der Waals surface area contributed by atoms with E-state index in [9.17, 15) is 9.59 Å². The number of allylic oxidation sites excluding steroid dienone is 3. The minimum Gasteiger partial charge on any atom is -0.457 e. The van der Waals surface area contributed by atoms with Crippen LogP contribution in [0.25, 0.3) is 0 Å². The van der Waals surface area contributed by atoms with Crippen LogP contribution in [0.1, 0.15) is 33.1 Å². The first kappa shape index (κ1) is 11.1. The van der Waals surface area contributed by atoms with Gasteiger partial charge < -0.3 is 4.74 Å². The number of rotatable bonds is 3. The predicted octanol–water partition coefficient (Wildman–Crippen LogP) is 2.17. The molecule has 0 amide bonds. The van der Waals surface area contributed by atoms with E-state index < -0.39 is 0 Å². The molecule has 0 heterocycles. The Balaban J connectivity index is 2.07. The molecule has 3 nitrogen and oxygen atoms in total. The Morgan fingerprint density at radius 2 is 2.12 bits per heavy atom. The SMILES string of the molecule is CC=CC1=C(C)C(OC(=O)C2CC2)CC1=O. The second-order valence-electron chi connectivity index (χ2n) is 4.42. The lowest BCUT2D eigenvalue weighted by Crippen LogP contribution is -2.18. The molecule has 1 saturated carbocycles. The van der Waals surface area contributed by atoms with Crippen LogP contribution in [0.2, 0.25) is 0 Å². The van der Waals surface area contributed by atoms with Gasteiger partial charge in [0.1, 0.15) is 6.10 Å². The van der Waals surface area contributed by atoms with Crippen LogP contribution < -0.4 is 0 Å². The third kappa shape index (κ3) is 2.08. The molecule has 16 heavy (non-hydrogen) atoms. The number of hydrogen-bond acceptors (Lipinski definition) is 3. The van der Waals surface area contributed by atoms with Crippen molar-refractivity contribution >= 4 is 11.8 Å². The maximum Gasteiger partial charge on any atom is 0.309 e. The Morgan fingerprint density at radius 3 is 2.69 bits per heavy atom. The topological polar surface area (TPSA) is 43.4 Å². The number of ketones is 1. The Labute approximate surface area is 95.2 Å². The Hall–Kier alpha value is -1.38. The highest BCUT2D eigenvalue weighted by molar-refractivity contribution is 6.02. The van der Waals surface area contributed by atoms with E-state index in [2.05, 4.69) is 0 Å². The van der Waals surface area contributed by atoms with Crippen LogP contribution in [0.5, 0.6) is 0 Å². The van der Waals surface area contributed by atoms with Crippen molar-refractivity contribution in [1.82, 2.24) is 0 Å². The molecule has 2 aliphatic rings. The summed E-state index contributed by atoms with van der Waals surface area (Å²) in [6.45, 7) is 3.74. The first-order valence-electron chi connectivity index (χ1n) is 5.70. The quantitative estimate of drug-likeness (QED) is 0.685. The molecular weight excluding hydrogens is 204 g/mol. The fourth-order valence-corrected chi connectivity index (χ4v) is 1.90. The van der Waals surface area contributed by atoms with Crippen molar-refractivity contribution in [2.75, 3.05) is 0 Å². The molecule has 0 aromatic rings. The van der Waals surface area contributed by atoms with Gasteiger partial charge in [-0.1, -0.05) is 12.2 Å². The summed E-state index contributed by atoms with van der Waals surface area (Å²) in [6.07, 6.45) is 5.48. The van der Waals surface area contributed by atoms with E-state index in [0.717, 1.165) is 18.4 Å². The maximum absolute atomic E-state index is 11.7. The Bertz CT molecular complexity index is 386. The van der Waals surface area contributed by atoms with Gasteiger partial charge in [0.15, 0.2) is 5.78 Å². The lowest BCUT2D eigenvalue weighted by atomic mass is 10.1. The summed E-state index contributed by atoms with van der Waals surface area (Å²) in [5, 5.41) is 0. The van der Waals surface area contributed by atoms with Gasteiger partial charge in [-0.25, -0.2) is 0 Å². The second-order valence-corrected chi connectivity index (χ2v) is 4.42. The van der Waals surface area contributed by atoms with Crippen molar-refractivity contribution in [2.45, 2.75) is 39.2 Å². The van der Waals surface area contributed by atoms with E-state index in [4.69, 9.17) is 4.74 Å². The van der Waals surface area contributed by atoms with Gasteiger partial charge in [0.2, 0.25) is 0 Å². The predicted molar refractivity (Wildman–Crippen MR) is 59.7 cm³/mol. The third-order valence-electron chi connectivity index (χ3n) is 3.08. The average molecular weight is 220 g/mol. The van der Waals surface area contributed by atoms with E-state index in [1.54, 1.807) is 6.08 Å². The highest BCUT2D eigenvalue weighted by atomic mass is 16.5. The minimum absolute atomic E-state index is 0.0733. The van der Waals surface area contributed by atoms with Gasteiger partial charge >= 0.3 is 5.97 Å². The van der Waals surface area contributed by atoms with Crippen molar-refractivity contribution in [3.63, 3.8) is 0 Å². The lowest BCUT2D eigenvalue weighted by Gasteiger charge is -2.12. The van der Waals surface area contributed by atoms with Crippen molar-refractivity contribution < 1.29 is 14.3 Å². The summed E-state index contributed by atoms with van der Waals surface area (Å²) in [5.74, 6) is 0.0248. The van der Waals surface area contributed by atoms with E-state index in [1.165, 1.54) is 0 Å². The van der Waals surface area contributed by atoms with Gasteiger partial charge in [-0.2, -0.15) is 0 Å². The summed E-state index contributed by atoms with van der Waals surface area (Å²) in [7, 11) is 0. The van der Waals surface area contributed by atoms with Crippen LogP contribution in [0.3, 0.4) is 0 Å². The van der Waals surface area contributed by atoms with Gasteiger partial charge in [0.25, 0.3) is 0 Å². The van der Waals surface area contributed by atoms with Crippen LogP contribution in [0.15, 0.2) is 23.3 Å². The molecule has 0 aliphatic heterocycles. The molecule has 1 atom stereocenters. The molecule has 0 aromatic heterocycles. The van der Waals surface area contributed by atoms with Crippen molar-refractivity contribution in [2.24, 2.45) is 5.92 Å². The number of carbonyl (C=O) groups is 2. The fraction of sp³-hybridized carbons (Fsp3) is 0.538. The summed E-state index contributed by atoms with van der Waals surface area (Å²) in [6, 6.07) is 0. The molecule has 1 unspecified atom stereocenters. The van der Waals surface area contributed by atoms with Gasteiger partial charge in [-0.3, -0.25) is 9.59 Å². The van der Waals surface area contributed by atoms with Gasteiger partial charge in [0, 0.05) is 5.57 Å². The zero-order chi connectivity index (χ0) is 11.7. The number of hydrogen-bond donors (Lipinski definition) is 0. The third-order valence-corrected chi connectivity index (χ3v) is 3.08. The van der Waals surface area contributed by atoms with Crippen LogP contribution in [0, 0.1) is 5.92 Å². The molecule has 0 spiro atoms. The molecule has 1 fully saturated rings. The molecule has 0 radical (unpaired) electrons. The normalized spacial score (nSPS) is 25.6. The molecule has 2 rings (SSSR count). The molecule has 86 valence electrons. The smallest absolute Gasteiger partial charge is 0.309 e. The van der Waals surface area contributed by atoms with Crippen molar-refractivity contribution in [3.05, 3.63) is 23.3 Å². The lowest BCUT2D eigenvalue weighted by molar-refractivity contribution is -0.149. The number of ether oxygens (including phenoxy) is 1. The highest BCUT2D eigenvalue weighted by Crippen LogP contribution is 2.33. The van der Waals surface area contributed by atoms with E-state index in [-0.39, 0.29) is 23.8 Å². The zero-order valence-corrected chi connectivity index (χ0v) is 9.66. The molecule has 3 heteroatoms. The van der Waals surface area contributed by atoms with Crippen LogP contribution in [-0.2, 0) is 14.3 Å². The highest BCUT2D eigenvalue weighted by Gasteiger charge is 2.36. The minimum atomic E-state index is -0.327. The summed E-state index contributed by atoms with van der Waals surface area (Å²) < 4.78 is 5.34. The van der Waals surface area contributed by atoms with Gasteiger partial charge in [-0.05, 0) is 32.3 Å². The number of Topliss-reactive ketones (excluding diaryl/α,β-unsaturated/α-hetero) is 1. The first-order valence-corrected chi connectivity index (χ1v) is 5.70. The van der Waals surface area contributed by atoms with Crippen molar-refractivity contribution in [1.29, 1.82) is 0 Å². The van der Waals surface area contributed by atoms with Crippen molar-refractivity contribution in [3.8, 4) is 0 Å². The monoisotopic (exact) mass is 220 g/mol. The fourth-order valence-electron chi connectivity index (χ4n) is 1.90. The molecule has 0 bridgehead atoms. The Kier molecular flexibility index (Phi) is 2.95. The first-order chi connectivity index (χ1) is 7.63. The molecule has 0 saturated heterocycles. The summed E-state index contributed by atoms with van der Waals surface area (Å²) >= 11 is 0. The largest absolute Gasteiger partial charge is 0.457 e. The van der Waals surface area contributed by atoms with Gasteiger partial charge in [0.05, 0.1) is 12.3 Å². The van der Waals surface area contributed by atoms with E-state index in [1.807, 2.05) is 19.9 Å². The Morgan fingerprint density at radius 1 is 1.44 bits per heavy atom. The molecule has 0 N–H and O–H groups in total. The van der Waals surface area contributed by atoms with E-state index in [0.29, 0.717) is 12.0 Å². The number of esters is 1. The molecule has 2 aliphatic carbocycles. The van der Waals surface area contributed by atoms with Crippen LogP contribution in [0.4, 0.5) is 0 Å². The summed E-state index contributed by atoms with van der Waals surface area (Å²) in [4.78, 5) is 23.2. The standard InChI is InChI=1S/C13H16O3/c1-3-4-10-8(2)12(7-11(10)14)16-13(15)9-5-6-9/h3-4,9,12H,5-7H2,1-2H3. The maximum atomic E-state index is 11.7. The van der Waals surface area contributed by atoms with E-state index >= 15 is 0 Å². The second kappa shape index (κ2) is 4.24.